The molecule has 7 heteroatoms. The Balaban J connectivity index is 2.72. The summed E-state index contributed by atoms with van der Waals surface area (Å²) in [6.45, 7) is 18.3. The minimum absolute atomic E-state index is 0.0695. The van der Waals surface area contributed by atoms with E-state index in [4.69, 9.17) is 19.0 Å². The summed E-state index contributed by atoms with van der Waals surface area (Å²) in [6, 6.07) is 0. The number of carbonyl (C=O) groups excluding carboxylic acids is 2. The molecule has 7 nitrogen and oxygen atoms in total. The van der Waals surface area contributed by atoms with Crippen molar-refractivity contribution in [3.63, 3.8) is 0 Å². The van der Waals surface area contributed by atoms with E-state index in [0.717, 1.165) is 44.9 Å². The van der Waals surface area contributed by atoms with Gasteiger partial charge in [0, 0.05) is 32.2 Å². The van der Waals surface area contributed by atoms with Crippen LogP contribution in [0.25, 0.3) is 0 Å². The van der Waals surface area contributed by atoms with Crippen LogP contribution < -0.4 is 0 Å². The molecule has 0 bridgehead atoms. The lowest BCUT2D eigenvalue weighted by atomic mass is 9.75. The van der Waals surface area contributed by atoms with Crippen molar-refractivity contribution in [1.29, 1.82) is 0 Å². The summed E-state index contributed by atoms with van der Waals surface area (Å²) >= 11 is 0. The van der Waals surface area contributed by atoms with Crippen LogP contribution in [0.5, 0.6) is 0 Å². The lowest BCUT2D eigenvalue weighted by Gasteiger charge is -2.54. The van der Waals surface area contributed by atoms with E-state index in [1.807, 2.05) is 5.06 Å². The van der Waals surface area contributed by atoms with Gasteiger partial charge in [0.2, 0.25) is 0 Å². The maximum absolute atomic E-state index is 12.5. The van der Waals surface area contributed by atoms with Crippen molar-refractivity contribution < 1.29 is 28.6 Å². The topological polar surface area (TPSA) is 74.3 Å². The van der Waals surface area contributed by atoms with Gasteiger partial charge in [-0.05, 0) is 32.6 Å². The number of nitrogens with zero attached hydrogens (tertiary/aromatic N) is 1. The molecule has 0 saturated carbocycles. The molecular weight excluding hydrogens is 506 g/mol. The van der Waals surface area contributed by atoms with Crippen LogP contribution in [0.4, 0.5) is 0 Å². The van der Waals surface area contributed by atoms with Crippen LogP contribution in [0.3, 0.4) is 0 Å². The maximum Gasteiger partial charge on any atom is 0.322 e. The van der Waals surface area contributed by atoms with E-state index in [0.29, 0.717) is 32.8 Å². The van der Waals surface area contributed by atoms with Gasteiger partial charge in [-0.1, -0.05) is 99.3 Å². The molecule has 0 aliphatic carbocycles. The van der Waals surface area contributed by atoms with E-state index in [-0.39, 0.29) is 23.3 Å². The largest absolute Gasteiger partial charge is 0.465 e. The highest BCUT2D eigenvalue weighted by molar-refractivity contribution is 5.69. The lowest BCUT2D eigenvalue weighted by molar-refractivity contribution is -0.355. The molecule has 40 heavy (non-hydrogen) atoms. The predicted molar refractivity (Wildman–Crippen MR) is 162 cm³/mol. The molecule has 236 valence electrons. The smallest absolute Gasteiger partial charge is 0.322 e. The molecule has 1 rings (SSSR count). The zero-order valence-electron chi connectivity index (χ0n) is 27.4. The van der Waals surface area contributed by atoms with Crippen molar-refractivity contribution in [3.8, 4) is 0 Å². The summed E-state index contributed by atoms with van der Waals surface area (Å²) in [6.07, 6.45) is 15.6. The Hall–Kier alpha value is -1.18. The third-order valence-corrected chi connectivity index (χ3v) is 9.16. The summed E-state index contributed by atoms with van der Waals surface area (Å²) in [4.78, 5) is 30.2. The average molecular weight is 570 g/mol. The highest BCUT2D eigenvalue weighted by atomic mass is 16.7. The standard InChI is InChI=1S/C33H63NO6/c1-9-14-15-16-17-18-19-20-21-22-30(36)37-25-32(13-5)26-38-33(23-10-2,39-27-32)28(6)31(8,12-4)34(24-11-3)40-29(7)35/h28H,9-27H2,1-8H3. The van der Waals surface area contributed by atoms with Gasteiger partial charge in [-0.25, -0.2) is 0 Å². The fraction of sp³-hybridized carbons (Fsp3) is 0.939. The molecule has 0 spiro atoms. The average Bonchev–Trinajstić information content (AvgIpc) is 2.95. The first-order chi connectivity index (χ1) is 19.1. The summed E-state index contributed by atoms with van der Waals surface area (Å²) in [7, 11) is 0. The van der Waals surface area contributed by atoms with E-state index in [9.17, 15) is 9.59 Å². The first-order valence-electron chi connectivity index (χ1n) is 16.5. The van der Waals surface area contributed by atoms with E-state index < -0.39 is 11.3 Å². The second-order valence-electron chi connectivity index (χ2n) is 12.3. The van der Waals surface area contributed by atoms with E-state index in [1.54, 1.807) is 0 Å². The SMILES string of the molecule is CCCCCCCCCCCC(=O)OCC1(CC)COC(CCC)(C(C)C(C)(CC)N(CCC)OC(C)=O)OC1. The van der Waals surface area contributed by atoms with E-state index in [1.165, 1.54) is 51.9 Å². The molecule has 0 aromatic rings. The summed E-state index contributed by atoms with van der Waals surface area (Å²) < 4.78 is 19.1. The lowest BCUT2D eigenvalue weighted by Crippen LogP contribution is -2.63. The molecule has 1 fully saturated rings. The molecule has 0 amide bonds. The number of ether oxygens (including phenoxy) is 3. The van der Waals surface area contributed by atoms with Crippen molar-refractivity contribution in [2.75, 3.05) is 26.4 Å². The van der Waals surface area contributed by atoms with Crippen molar-refractivity contribution in [2.45, 2.75) is 163 Å². The molecule has 1 heterocycles. The Morgan fingerprint density at radius 3 is 1.93 bits per heavy atom. The molecule has 1 aliphatic rings. The van der Waals surface area contributed by atoms with Gasteiger partial charge >= 0.3 is 11.9 Å². The highest BCUT2D eigenvalue weighted by Gasteiger charge is 2.54. The minimum Gasteiger partial charge on any atom is -0.465 e. The molecule has 0 aromatic carbocycles. The van der Waals surface area contributed by atoms with Crippen molar-refractivity contribution in [1.82, 2.24) is 5.06 Å². The number of hydroxylamine groups is 2. The molecule has 0 aromatic heterocycles. The number of carbonyl (C=O) groups is 2. The van der Waals surface area contributed by atoms with Crippen LogP contribution in [-0.2, 0) is 28.6 Å². The van der Waals surface area contributed by atoms with Gasteiger partial charge in [0.05, 0.1) is 24.2 Å². The molecule has 1 saturated heterocycles. The number of hydrogen-bond acceptors (Lipinski definition) is 7. The van der Waals surface area contributed by atoms with Crippen molar-refractivity contribution >= 4 is 11.9 Å². The Labute approximate surface area is 246 Å². The maximum atomic E-state index is 12.5. The third kappa shape index (κ3) is 11.2. The van der Waals surface area contributed by atoms with Gasteiger partial charge in [-0.15, -0.1) is 5.06 Å². The van der Waals surface area contributed by atoms with Crippen LogP contribution >= 0.6 is 0 Å². The van der Waals surface area contributed by atoms with Gasteiger partial charge in [0.15, 0.2) is 5.79 Å². The van der Waals surface area contributed by atoms with Crippen LogP contribution in [0, 0.1) is 11.3 Å². The summed E-state index contributed by atoms with van der Waals surface area (Å²) in [5.74, 6) is -1.31. The number of unbranched alkanes of at least 4 members (excludes halogenated alkanes) is 8. The summed E-state index contributed by atoms with van der Waals surface area (Å²) in [5, 5.41) is 1.83. The van der Waals surface area contributed by atoms with Gasteiger partial charge in [0.1, 0.15) is 6.61 Å². The quantitative estimate of drug-likeness (QED) is 0.0736. The molecular formula is C33H63NO6. The third-order valence-electron chi connectivity index (χ3n) is 9.16. The van der Waals surface area contributed by atoms with Gasteiger partial charge in [-0.3, -0.25) is 9.59 Å². The summed E-state index contributed by atoms with van der Waals surface area (Å²) in [5.41, 5.74) is -0.822. The van der Waals surface area contributed by atoms with E-state index >= 15 is 0 Å². The van der Waals surface area contributed by atoms with E-state index in [2.05, 4.69) is 48.5 Å². The van der Waals surface area contributed by atoms with Gasteiger partial charge in [0.25, 0.3) is 0 Å². The van der Waals surface area contributed by atoms with Gasteiger partial charge in [-0.2, -0.15) is 0 Å². The molecule has 2 unspecified atom stereocenters. The zero-order valence-corrected chi connectivity index (χ0v) is 27.4. The Bertz CT molecular complexity index is 705. The first kappa shape index (κ1) is 36.8. The van der Waals surface area contributed by atoms with Crippen LogP contribution in [0.15, 0.2) is 0 Å². The van der Waals surface area contributed by atoms with Crippen molar-refractivity contribution in [2.24, 2.45) is 11.3 Å². The van der Waals surface area contributed by atoms with Gasteiger partial charge < -0.3 is 19.0 Å². The highest BCUT2D eigenvalue weighted by Crippen LogP contribution is 2.46. The molecule has 0 radical (unpaired) electrons. The monoisotopic (exact) mass is 569 g/mol. The van der Waals surface area contributed by atoms with Crippen molar-refractivity contribution in [3.05, 3.63) is 0 Å². The second kappa shape index (κ2) is 19.1. The number of esters is 1. The molecule has 2 atom stereocenters. The fourth-order valence-electron chi connectivity index (χ4n) is 5.80. The first-order valence-corrected chi connectivity index (χ1v) is 16.5. The Morgan fingerprint density at radius 1 is 0.875 bits per heavy atom. The number of rotatable bonds is 22. The number of hydrogen-bond donors (Lipinski definition) is 0. The normalized spacial score (nSPS) is 23.5. The minimum atomic E-state index is -0.801. The van der Waals surface area contributed by atoms with Crippen LogP contribution in [0.2, 0.25) is 0 Å². The van der Waals surface area contributed by atoms with Crippen LogP contribution in [-0.4, -0.2) is 54.7 Å². The molecule has 1 aliphatic heterocycles. The predicted octanol–water partition coefficient (Wildman–Crippen LogP) is 8.39. The molecule has 0 N–H and O–H groups in total. The zero-order chi connectivity index (χ0) is 30.1. The second-order valence-corrected chi connectivity index (χ2v) is 12.3. The fourth-order valence-corrected chi connectivity index (χ4v) is 5.80. The van der Waals surface area contributed by atoms with Crippen LogP contribution in [0.1, 0.15) is 152 Å². The Kier molecular flexibility index (Phi) is 17.6. The Morgan fingerprint density at radius 2 is 1.45 bits per heavy atom.